The lowest BCUT2D eigenvalue weighted by atomic mass is 9.93. The molecule has 0 saturated carbocycles. The van der Waals surface area contributed by atoms with Crippen molar-refractivity contribution in [1.82, 2.24) is 4.90 Å². The number of anilines is 1. The van der Waals surface area contributed by atoms with Crippen LogP contribution >= 0.6 is 0 Å². The molecular formula is C17H26N2O. The van der Waals surface area contributed by atoms with E-state index >= 15 is 0 Å². The molecule has 2 heterocycles. The van der Waals surface area contributed by atoms with Crippen LogP contribution in [0.1, 0.15) is 32.3 Å². The van der Waals surface area contributed by atoms with E-state index in [2.05, 4.69) is 34.1 Å². The van der Waals surface area contributed by atoms with E-state index in [1.165, 1.54) is 24.1 Å². The molecule has 0 bridgehead atoms. The molecule has 1 atom stereocenters. The summed E-state index contributed by atoms with van der Waals surface area (Å²) in [5.74, 6) is 0. The van der Waals surface area contributed by atoms with Crippen LogP contribution < -0.4 is 4.90 Å². The van der Waals surface area contributed by atoms with Gasteiger partial charge in [-0.3, -0.25) is 4.90 Å². The molecule has 0 spiro atoms. The van der Waals surface area contributed by atoms with Gasteiger partial charge in [0.1, 0.15) is 0 Å². The highest BCUT2D eigenvalue weighted by Crippen LogP contribution is 2.32. The maximum absolute atomic E-state index is 9.87. The first-order valence-corrected chi connectivity index (χ1v) is 7.82. The van der Waals surface area contributed by atoms with Crippen molar-refractivity contribution in [3.8, 4) is 0 Å². The Bertz CT molecular complexity index is 466. The number of piperazine rings is 1. The van der Waals surface area contributed by atoms with Crippen LogP contribution in [0.2, 0.25) is 0 Å². The van der Waals surface area contributed by atoms with Crippen LogP contribution in [0.25, 0.3) is 0 Å². The molecule has 1 N–H and O–H groups in total. The zero-order valence-corrected chi connectivity index (χ0v) is 12.7. The number of aryl methyl sites for hydroxylation is 1. The summed E-state index contributed by atoms with van der Waals surface area (Å²) in [7, 11) is 0. The summed E-state index contributed by atoms with van der Waals surface area (Å²) >= 11 is 0. The number of nitrogens with zero attached hydrogens (tertiary/aromatic N) is 2. The highest BCUT2D eigenvalue weighted by atomic mass is 16.3. The van der Waals surface area contributed by atoms with Crippen LogP contribution in [0.3, 0.4) is 0 Å². The Morgan fingerprint density at radius 1 is 1.25 bits per heavy atom. The first-order chi connectivity index (χ1) is 9.53. The minimum absolute atomic E-state index is 0.545. The van der Waals surface area contributed by atoms with Gasteiger partial charge in [0, 0.05) is 37.9 Å². The summed E-state index contributed by atoms with van der Waals surface area (Å²) in [5, 5.41) is 9.87. The van der Waals surface area contributed by atoms with Crippen LogP contribution in [-0.4, -0.2) is 47.8 Å². The molecule has 1 aromatic rings. The van der Waals surface area contributed by atoms with Gasteiger partial charge in [-0.15, -0.1) is 0 Å². The van der Waals surface area contributed by atoms with Crippen LogP contribution in [-0.2, 0) is 6.42 Å². The molecule has 3 heteroatoms. The molecule has 1 aromatic carbocycles. The smallest absolute Gasteiger partial charge is 0.0603 e. The molecule has 110 valence electrons. The molecular weight excluding hydrogens is 248 g/mol. The first kappa shape index (κ1) is 13.9. The van der Waals surface area contributed by atoms with Gasteiger partial charge in [-0.25, -0.2) is 0 Å². The highest BCUT2D eigenvalue weighted by Gasteiger charge is 2.31. The van der Waals surface area contributed by atoms with Crippen LogP contribution in [0.5, 0.6) is 0 Å². The van der Waals surface area contributed by atoms with Crippen molar-refractivity contribution >= 4 is 5.69 Å². The second-order valence-electron chi connectivity index (χ2n) is 6.88. The molecule has 0 aliphatic carbocycles. The van der Waals surface area contributed by atoms with Gasteiger partial charge in [-0.2, -0.15) is 0 Å². The van der Waals surface area contributed by atoms with Crippen LogP contribution in [0, 0.1) is 0 Å². The number of benzene rings is 1. The van der Waals surface area contributed by atoms with Crippen molar-refractivity contribution in [1.29, 1.82) is 0 Å². The predicted octanol–water partition coefficient (Wildman–Crippen LogP) is 2.28. The fraction of sp³-hybridized carbons (Fsp3) is 0.647. The van der Waals surface area contributed by atoms with E-state index in [-0.39, 0.29) is 0 Å². The second kappa shape index (κ2) is 5.38. The normalized spacial score (nSPS) is 23.4. The van der Waals surface area contributed by atoms with Gasteiger partial charge in [0.05, 0.1) is 5.60 Å². The third-order valence-electron chi connectivity index (χ3n) is 4.65. The standard InChI is InChI=1S/C17H26N2O/c1-17(2,20)9-10-18-11-12-19-15(13-18)8-7-14-5-3-4-6-16(14)19/h3-6,15,20H,7-13H2,1-2H3. The zero-order chi connectivity index (χ0) is 14.2. The summed E-state index contributed by atoms with van der Waals surface area (Å²) in [6.45, 7) is 8.19. The van der Waals surface area contributed by atoms with Crippen molar-refractivity contribution in [3.05, 3.63) is 29.8 Å². The van der Waals surface area contributed by atoms with E-state index in [9.17, 15) is 5.11 Å². The van der Waals surface area contributed by atoms with E-state index in [4.69, 9.17) is 0 Å². The van der Waals surface area contributed by atoms with Gasteiger partial charge >= 0.3 is 0 Å². The monoisotopic (exact) mass is 274 g/mol. The van der Waals surface area contributed by atoms with Crippen molar-refractivity contribution in [2.45, 2.75) is 44.8 Å². The fourth-order valence-corrected chi connectivity index (χ4v) is 3.44. The molecule has 0 amide bonds. The molecule has 20 heavy (non-hydrogen) atoms. The lowest BCUT2D eigenvalue weighted by Crippen LogP contribution is -2.55. The molecule has 1 unspecified atom stereocenters. The van der Waals surface area contributed by atoms with Crippen molar-refractivity contribution in [2.24, 2.45) is 0 Å². The SMILES string of the molecule is CC(C)(O)CCN1CCN2c3ccccc3CCC2C1. The van der Waals surface area contributed by atoms with E-state index in [1.807, 2.05) is 13.8 Å². The maximum Gasteiger partial charge on any atom is 0.0603 e. The molecule has 1 fully saturated rings. The summed E-state index contributed by atoms with van der Waals surface area (Å²) in [6.07, 6.45) is 3.32. The zero-order valence-electron chi connectivity index (χ0n) is 12.7. The average molecular weight is 274 g/mol. The first-order valence-electron chi connectivity index (χ1n) is 7.82. The summed E-state index contributed by atoms with van der Waals surface area (Å²) < 4.78 is 0. The second-order valence-corrected chi connectivity index (χ2v) is 6.88. The molecule has 2 aliphatic rings. The quantitative estimate of drug-likeness (QED) is 0.916. The molecule has 0 radical (unpaired) electrons. The molecule has 1 saturated heterocycles. The summed E-state index contributed by atoms with van der Waals surface area (Å²) in [4.78, 5) is 5.12. The Labute approximate surface area is 122 Å². The Morgan fingerprint density at radius 3 is 2.85 bits per heavy atom. The van der Waals surface area contributed by atoms with E-state index in [1.54, 1.807) is 0 Å². The van der Waals surface area contributed by atoms with Crippen molar-refractivity contribution < 1.29 is 5.11 Å². The van der Waals surface area contributed by atoms with Gasteiger partial charge < -0.3 is 10.0 Å². The summed E-state index contributed by atoms with van der Waals surface area (Å²) in [6, 6.07) is 9.50. The van der Waals surface area contributed by atoms with Gasteiger partial charge in [0.15, 0.2) is 0 Å². The number of hydrogen-bond acceptors (Lipinski definition) is 3. The van der Waals surface area contributed by atoms with Gasteiger partial charge in [0.25, 0.3) is 0 Å². The number of rotatable bonds is 3. The number of fused-ring (bicyclic) bond motifs is 3. The Hall–Kier alpha value is -1.06. The minimum atomic E-state index is -0.545. The number of para-hydroxylation sites is 1. The topological polar surface area (TPSA) is 26.7 Å². The van der Waals surface area contributed by atoms with Crippen LogP contribution in [0.15, 0.2) is 24.3 Å². The van der Waals surface area contributed by atoms with Gasteiger partial charge in [0.2, 0.25) is 0 Å². The number of aliphatic hydroxyl groups is 1. The van der Waals surface area contributed by atoms with E-state index in [0.29, 0.717) is 6.04 Å². The van der Waals surface area contributed by atoms with Crippen LogP contribution in [0.4, 0.5) is 5.69 Å². The predicted molar refractivity (Wildman–Crippen MR) is 83.3 cm³/mol. The fourth-order valence-electron chi connectivity index (χ4n) is 3.44. The Kier molecular flexibility index (Phi) is 3.74. The van der Waals surface area contributed by atoms with E-state index in [0.717, 1.165) is 32.6 Å². The van der Waals surface area contributed by atoms with E-state index < -0.39 is 5.60 Å². The molecule has 0 aromatic heterocycles. The Balaban J connectivity index is 1.64. The van der Waals surface area contributed by atoms with Crippen molar-refractivity contribution in [3.63, 3.8) is 0 Å². The Morgan fingerprint density at radius 2 is 2.05 bits per heavy atom. The molecule has 3 rings (SSSR count). The molecule has 3 nitrogen and oxygen atoms in total. The molecule has 2 aliphatic heterocycles. The third kappa shape index (κ3) is 2.99. The van der Waals surface area contributed by atoms with Crippen molar-refractivity contribution in [2.75, 3.05) is 31.1 Å². The lowest BCUT2D eigenvalue weighted by molar-refractivity contribution is 0.0544. The lowest BCUT2D eigenvalue weighted by Gasteiger charge is -2.46. The highest BCUT2D eigenvalue weighted by molar-refractivity contribution is 5.57. The maximum atomic E-state index is 9.87. The minimum Gasteiger partial charge on any atom is -0.390 e. The third-order valence-corrected chi connectivity index (χ3v) is 4.65. The largest absolute Gasteiger partial charge is 0.390 e. The summed E-state index contributed by atoms with van der Waals surface area (Å²) in [5.41, 5.74) is 2.41. The van der Waals surface area contributed by atoms with Gasteiger partial charge in [-0.05, 0) is 44.7 Å². The average Bonchev–Trinajstić information content (AvgIpc) is 2.44. The van der Waals surface area contributed by atoms with Gasteiger partial charge in [-0.1, -0.05) is 18.2 Å². The number of hydrogen-bond donors (Lipinski definition) is 1.